The Morgan fingerprint density at radius 1 is 1.20 bits per heavy atom. The Bertz CT molecular complexity index is 967. The molecule has 3 aromatic rings. The third-order valence-corrected chi connectivity index (χ3v) is 6.51. The number of thiazole rings is 1. The van der Waals surface area contributed by atoms with Crippen molar-refractivity contribution in [2.24, 2.45) is 5.73 Å². The Balaban J connectivity index is 1.63. The maximum absolute atomic E-state index is 12.5. The molecule has 0 aliphatic carbocycles. The predicted octanol–water partition coefficient (Wildman–Crippen LogP) is 3.55. The average molecular weight is 422 g/mol. The summed E-state index contributed by atoms with van der Waals surface area (Å²) in [4.78, 5) is 26.9. The first-order valence-electron chi connectivity index (χ1n) is 10.3. The molecule has 1 amide bonds. The quantitative estimate of drug-likeness (QED) is 0.602. The van der Waals surface area contributed by atoms with E-state index in [1.54, 1.807) is 23.7 Å². The molecule has 7 heteroatoms. The number of carbonyl (C=O) groups excluding carboxylic acids is 1. The summed E-state index contributed by atoms with van der Waals surface area (Å²) in [6.45, 7) is 4.78. The minimum Gasteiger partial charge on any atom is -0.368 e. The number of primary amides is 1. The highest BCUT2D eigenvalue weighted by atomic mass is 32.1. The zero-order valence-corrected chi connectivity index (χ0v) is 18.0. The summed E-state index contributed by atoms with van der Waals surface area (Å²) in [5.41, 5.74) is 9.03. The van der Waals surface area contributed by atoms with Gasteiger partial charge < -0.3 is 15.5 Å². The number of pyridine rings is 1. The molecule has 4 rings (SSSR count). The first-order valence-corrected chi connectivity index (χ1v) is 11.1. The number of nitrogens with zero attached hydrogens (tertiary/aromatic N) is 4. The van der Waals surface area contributed by atoms with Crippen LogP contribution in [-0.2, 0) is 17.8 Å². The summed E-state index contributed by atoms with van der Waals surface area (Å²) in [5, 5.41) is 1.06. The van der Waals surface area contributed by atoms with Gasteiger partial charge in [0.25, 0.3) is 0 Å². The van der Waals surface area contributed by atoms with Gasteiger partial charge in [-0.25, -0.2) is 4.98 Å². The van der Waals surface area contributed by atoms with Gasteiger partial charge >= 0.3 is 0 Å². The van der Waals surface area contributed by atoms with Gasteiger partial charge in [0.1, 0.15) is 6.04 Å². The lowest BCUT2D eigenvalue weighted by Crippen LogP contribution is -2.46. The van der Waals surface area contributed by atoms with Crippen LogP contribution < -0.4 is 15.5 Å². The van der Waals surface area contributed by atoms with E-state index in [0.29, 0.717) is 13.0 Å². The Morgan fingerprint density at radius 2 is 1.97 bits per heavy atom. The summed E-state index contributed by atoms with van der Waals surface area (Å²) < 4.78 is 0. The van der Waals surface area contributed by atoms with Gasteiger partial charge in [-0.2, -0.15) is 0 Å². The van der Waals surface area contributed by atoms with Gasteiger partial charge in [0, 0.05) is 48.7 Å². The van der Waals surface area contributed by atoms with Crippen molar-refractivity contribution in [2.45, 2.75) is 38.8 Å². The van der Waals surface area contributed by atoms with Crippen LogP contribution in [-0.4, -0.2) is 35.0 Å². The summed E-state index contributed by atoms with van der Waals surface area (Å²) in [7, 11) is 0. The van der Waals surface area contributed by atoms with Gasteiger partial charge in [0.05, 0.1) is 6.54 Å². The zero-order chi connectivity index (χ0) is 20.9. The van der Waals surface area contributed by atoms with E-state index in [4.69, 9.17) is 5.73 Å². The Hall–Kier alpha value is -2.93. The van der Waals surface area contributed by atoms with Crippen molar-refractivity contribution >= 4 is 28.1 Å². The molecule has 0 unspecified atom stereocenters. The third kappa shape index (κ3) is 4.79. The molecule has 0 spiro atoms. The van der Waals surface area contributed by atoms with Gasteiger partial charge in [-0.3, -0.25) is 9.78 Å². The molecule has 6 nitrogen and oxygen atoms in total. The predicted molar refractivity (Wildman–Crippen MR) is 122 cm³/mol. The zero-order valence-electron chi connectivity index (χ0n) is 17.2. The van der Waals surface area contributed by atoms with Crippen LogP contribution in [0.1, 0.15) is 28.8 Å². The molecule has 30 heavy (non-hydrogen) atoms. The van der Waals surface area contributed by atoms with Gasteiger partial charge in [-0.15, -0.1) is 11.3 Å². The molecule has 1 fully saturated rings. The van der Waals surface area contributed by atoms with Crippen LogP contribution in [0.5, 0.6) is 0 Å². The van der Waals surface area contributed by atoms with Gasteiger partial charge in [0.2, 0.25) is 5.91 Å². The molecule has 1 saturated heterocycles. The van der Waals surface area contributed by atoms with Crippen molar-refractivity contribution in [1.29, 1.82) is 0 Å². The summed E-state index contributed by atoms with van der Waals surface area (Å²) in [6.07, 6.45) is 8.41. The Labute approximate surface area is 181 Å². The van der Waals surface area contributed by atoms with Crippen LogP contribution >= 0.6 is 11.3 Å². The van der Waals surface area contributed by atoms with E-state index in [1.165, 1.54) is 18.4 Å². The maximum atomic E-state index is 12.5. The molecule has 1 aliphatic heterocycles. The van der Waals surface area contributed by atoms with E-state index in [9.17, 15) is 4.79 Å². The van der Waals surface area contributed by atoms with Gasteiger partial charge in [-0.1, -0.05) is 23.8 Å². The van der Waals surface area contributed by atoms with E-state index < -0.39 is 6.04 Å². The first-order chi connectivity index (χ1) is 14.6. The SMILES string of the molecule is Cc1ccc(N(Cc2cnc(N3CCCC3)s2)[C@@H](Cc2cccnc2)C(N)=O)cc1. The number of aromatic nitrogens is 2. The minimum atomic E-state index is -0.478. The molecule has 1 aliphatic rings. The molecule has 156 valence electrons. The average Bonchev–Trinajstić information content (AvgIpc) is 3.44. The van der Waals surface area contributed by atoms with Crippen molar-refractivity contribution in [1.82, 2.24) is 9.97 Å². The molecule has 0 saturated carbocycles. The number of anilines is 2. The molecule has 2 aromatic heterocycles. The molecule has 1 aromatic carbocycles. The highest BCUT2D eigenvalue weighted by Gasteiger charge is 2.26. The second-order valence-corrected chi connectivity index (χ2v) is 8.84. The standard InChI is InChI=1S/C23H27N5OS/c1-17-6-8-19(9-7-17)28(21(22(24)29)13-18-5-4-10-25-14-18)16-20-15-26-23(30-20)27-11-2-3-12-27/h4-10,14-15,21H,2-3,11-13,16H2,1H3,(H2,24,29)/t21-/m0/s1. The Kier molecular flexibility index (Phi) is 6.28. The number of aryl methyl sites for hydroxylation is 1. The number of carbonyl (C=O) groups is 1. The Morgan fingerprint density at radius 3 is 2.63 bits per heavy atom. The second-order valence-electron chi connectivity index (χ2n) is 7.75. The molecule has 0 bridgehead atoms. The fourth-order valence-electron chi connectivity index (χ4n) is 3.82. The normalized spacial score (nSPS) is 14.6. The molecule has 3 heterocycles. The van der Waals surface area contributed by atoms with Crippen molar-refractivity contribution in [3.8, 4) is 0 Å². The number of hydrogen-bond acceptors (Lipinski definition) is 6. The van der Waals surface area contributed by atoms with Crippen LogP contribution in [0.3, 0.4) is 0 Å². The molecular weight excluding hydrogens is 394 g/mol. The lowest BCUT2D eigenvalue weighted by Gasteiger charge is -2.31. The fourth-order valence-corrected chi connectivity index (χ4v) is 4.78. The van der Waals surface area contributed by atoms with Crippen LogP contribution in [0.15, 0.2) is 55.0 Å². The maximum Gasteiger partial charge on any atom is 0.240 e. The van der Waals surface area contributed by atoms with Gasteiger partial charge in [0.15, 0.2) is 5.13 Å². The first kappa shape index (κ1) is 20.3. The summed E-state index contributed by atoms with van der Waals surface area (Å²) in [6, 6.07) is 11.6. The highest BCUT2D eigenvalue weighted by molar-refractivity contribution is 7.15. The van der Waals surface area contributed by atoms with E-state index in [-0.39, 0.29) is 5.91 Å². The molecular formula is C23H27N5OS. The summed E-state index contributed by atoms with van der Waals surface area (Å²) in [5.74, 6) is -0.344. The van der Waals surface area contributed by atoms with Crippen LogP contribution in [0.25, 0.3) is 0 Å². The van der Waals surface area contributed by atoms with Crippen LogP contribution in [0.2, 0.25) is 0 Å². The van der Waals surface area contributed by atoms with Crippen molar-refractivity contribution in [3.05, 3.63) is 71.0 Å². The molecule has 0 radical (unpaired) electrons. The lowest BCUT2D eigenvalue weighted by atomic mass is 10.0. The van der Waals surface area contributed by atoms with E-state index in [2.05, 4.69) is 51.0 Å². The van der Waals surface area contributed by atoms with Crippen molar-refractivity contribution in [2.75, 3.05) is 22.9 Å². The minimum absolute atomic E-state index is 0.344. The molecule has 2 N–H and O–H groups in total. The number of rotatable bonds is 8. The second kappa shape index (κ2) is 9.26. The van der Waals surface area contributed by atoms with Gasteiger partial charge in [-0.05, 0) is 43.5 Å². The number of benzene rings is 1. The number of hydrogen-bond donors (Lipinski definition) is 1. The number of amides is 1. The van der Waals surface area contributed by atoms with E-state index >= 15 is 0 Å². The molecule has 1 atom stereocenters. The monoisotopic (exact) mass is 421 g/mol. The summed E-state index contributed by atoms with van der Waals surface area (Å²) >= 11 is 1.70. The van der Waals surface area contributed by atoms with Crippen molar-refractivity contribution < 1.29 is 4.79 Å². The largest absolute Gasteiger partial charge is 0.368 e. The van der Waals surface area contributed by atoms with E-state index in [0.717, 1.165) is 34.3 Å². The van der Waals surface area contributed by atoms with Crippen LogP contribution in [0.4, 0.5) is 10.8 Å². The smallest absolute Gasteiger partial charge is 0.240 e. The number of nitrogens with two attached hydrogens (primary N) is 1. The lowest BCUT2D eigenvalue weighted by molar-refractivity contribution is -0.119. The van der Waals surface area contributed by atoms with E-state index in [1.807, 2.05) is 18.3 Å². The van der Waals surface area contributed by atoms with Crippen molar-refractivity contribution in [3.63, 3.8) is 0 Å². The third-order valence-electron chi connectivity index (χ3n) is 5.47. The highest BCUT2D eigenvalue weighted by Crippen LogP contribution is 2.29. The fraction of sp³-hybridized carbons (Fsp3) is 0.348. The van der Waals surface area contributed by atoms with Crippen LogP contribution in [0, 0.1) is 6.92 Å². The topological polar surface area (TPSA) is 75.3 Å².